The second kappa shape index (κ2) is 7.80. The van der Waals surface area contributed by atoms with Crippen LogP contribution in [0.3, 0.4) is 0 Å². The van der Waals surface area contributed by atoms with Gasteiger partial charge in [0.1, 0.15) is 0 Å². The first kappa shape index (κ1) is 17.1. The van der Waals surface area contributed by atoms with Crippen molar-refractivity contribution in [3.8, 4) is 0 Å². The van der Waals surface area contributed by atoms with Crippen molar-refractivity contribution in [3.63, 3.8) is 0 Å². The normalized spacial score (nSPS) is 25.9. The van der Waals surface area contributed by atoms with Crippen LogP contribution >= 0.6 is 34.9 Å². The number of hydrogen-bond acceptors (Lipinski definition) is 7. The first-order valence-electron chi connectivity index (χ1n) is 7.18. The Hall–Kier alpha value is -0.310. The van der Waals surface area contributed by atoms with Gasteiger partial charge in [-0.1, -0.05) is 41.8 Å². The fraction of sp³-hybridized carbons (Fsp3) is 0.769. The molecule has 0 saturated heterocycles. The molecule has 1 saturated carbocycles. The zero-order valence-corrected chi connectivity index (χ0v) is 14.9. The van der Waals surface area contributed by atoms with Gasteiger partial charge < -0.3 is 11.1 Å². The highest BCUT2D eigenvalue weighted by molar-refractivity contribution is 8.03. The number of nitrogens with two attached hydrogens (primary N) is 1. The summed E-state index contributed by atoms with van der Waals surface area (Å²) in [6.07, 6.45) is 6.74. The average molecular weight is 347 g/mol. The van der Waals surface area contributed by atoms with Crippen LogP contribution in [0.25, 0.3) is 0 Å². The summed E-state index contributed by atoms with van der Waals surface area (Å²) in [6.45, 7) is 2.93. The van der Waals surface area contributed by atoms with Gasteiger partial charge in [0.15, 0.2) is 8.68 Å². The van der Waals surface area contributed by atoms with E-state index in [1.807, 2.05) is 6.26 Å². The molecule has 1 aliphatic rings. The summed E-state index contributed by atoms with van der Waals surface area (Å²) >= 11 is 4.97. The highest BCUT2D eigenvalue weighted by Gasteiger charge is 2.41. The maximum absolute atomic E-state index is 12.0. The predicted octanol–water partition coefficient (Wildman–Crippen LogP) is 2.52. The van der Waals surface area contributed by atoms with Gasteiger partial charge in [0.2, 0.25) is 5.91 Å². The smallest absolute Gasteiger partial charge is 0.237 e. The Labute approximate surface area is 138 Å². The van der Waals surface area contributed by atoms with Crippen molar-refractivity contribution >= 4 is 40.8 Å². The number of hydrogen-bond donors (Lipinski definition) is 2. The molecule has 2 unspecified atom stereocenters. The van der Waals surface area contributed by atoms with Crippen LogP contribution in [-0.4, -0.2) is 39.7 Å². The summed E-state index contributed by atoms with van der Waals surface area (Å²) in [7, 11) is 0. The molecule has 2 atom stereocenters. The zero-order chi connectivity index (χ0) is 15.3. The number of amides is 1. The first-order valence-corrected chi connectivity index (χ1v) is 10.1. The largest absolute Gasteiger partial charge is 0.368 e. The number of aromatic nitrogens is 2. The minimum Gasteiger partial charge on any atom is -0.368 e. The minimum atomic E-state index is -0.543. The molecule has 1 amide bonds. The van der Waals surface area contributed by atoms with E-state index in [-0.39, 0.29) is 5.91 Å². The highest BCUT2D eigenvalue weighted by atomic mass is 32.2. The van der Waals surface area contributed by atoms with E-state index >= 15 is 0 Å². The third-order valence-electron chi connectivity index (χ3n) is 3.72. The lowest BCUT2D eigenvalue weighted by Gasteiger charge is -2.38. The van der Waals surface area contributed by atoms with Crippen molar-refractivity contribution in [3.05, 3.63) is 0 Å². The van der Waals surface area contributed by atoms with E-state index in [1.165, 1.54) is 0 Å². The molecule has 0 bridgehead atoms. The number of thioether (sulfide) groups is 2. The quantitative estimate of drug-likeness (QED) is 0.738. The second-order valence-corrected chi connectivity index (χ2v) is 8.83. The Morgan fingerprint density at radius 1 is 1.52 bits per heavy atom. The third-order valence-corrected chi connectivity index (χ3v) is 6.97. The topological polar surface area (TPSA) is 80.9 Å². The molecule has 21 heavy (non-hydrogen) atoms. The number of carbonyl (C=O) groups is 1. The molecule has 1 aromatic rings. The maximum atomic E-state index is 12.0. The lowest BCUT2D eigenvalue weighted by Crippen LogP contribution is -2.58. The molecule has 3 N–H and O–H groups in total. The molecule has 8 heteroatoms. The summed E-state index contributed by atoms with van der Waals surface area (Å²) in [6, 6.07) is 0. The van der Waals surface area contributed by atoms with E-state index in [0.29, 0.717) is 5.25 Å². The van der Waals surface area contributed by atoms with E-state index in [2.05, 4.69) is 22.4 Å². The number of nitrogens with one attached hydrogen (secondary N) is 1. The van der Waals surface area contributed by atoms with Crippen LogP contribution in [0.5, 0.6) is 0 Å². The molecule has 1 heterocycles. The monoisotopic (exact) mass is 346 g/mol. The maximum Gasteiger partial charge on any atom is 0.237 e. The van der Waals surface area contributed by atoms with Gasteiger partial charge in [-0.05, 0) is 44.9 Å². The van der Waals surface area contributed by atoms with Crippen LogP contribution in [0.1, 0.15) is 39.0 Å². The molecule has 118 valence electrons. The van der Waals surface area contributed by atoms with E-state index in [1.54, 1.807) is 34.9 Å². The van der Waals surface area contributed by atoms with Crippen LogP contribution in [0.4, 0.5) is 0 Å². The van der Waals surface area contributed by atoms with Gasteiger partial charge in [0, 0.05) is 5.25 Å². The number of primary amides is 1. The van der Waals surface area contributed by atoms with Crippen molar-refractivity contribution in [2.24, 2.45) is 5.73 Å². The van der Waals surface area contributed by atoms with Gasteiger partial charge in [-0.25, -0.2) is 0 Å². The van der Waals surface area contributed by atoms with Crippen LogP contribution in [0.15, 0.2) is 8.68 Å². The van der Waals surface area contributed by atoms with Crippen LogP contribution < -0.4 is 11.1 Å². The zero-order valence-electron chi connectivity index (χ0n) is 12.4. The number of carbonyl (C=O) groups excluding carboxylic acids is 1. The van der Waals surface area contributed by atoms with E-state index in [9.17, 15) is 4.79 Å². The van der Waals surface area contributed by atoms with Gasteiger partial charge in [-0.15, -0.1) is 10.2 Å². The van der Waals surface area contributed by atoms with Crippen LogP contribution in [0, 0.1) is 0 Å². The van der Waals surface area contributed by atoms with E-state index in [0.717, 1.165) is 47.3 Å². The van der Waals surface area contributed by atoms with Crippen molar-refractivity contribution in [2.45, 2.75) is 58.5 Å². The molecule has 0 aliphatic heterocycles. The highest BCUT2D eigenvalue weighted by Crippen LogP contribution is 2.40. The van der Waals surface area contributed by atoms with E-state index < -0.39 is 5.54 Å². The van der Waals surface area contributed by atoms with Crippen LogP contribution in [0.2, 0.25) is 0 Å². The summed E-state index contributed by atoms with van der Waals surface area (Å²) < 4.78 is 1.97. The van der Waals surface area contributed by atoms with Gasteiger partial charge >= 0.3 is 0 Å². The van der Waals surface area contributed by atoms with Crippen molar-refractivity contribution in [1.29, 1.82) is 0 Å². The molecular formula is C13H22N4OS3. The molecular weight excluding hydrogens is 324 g/mol. The first-order chi connectivity index (χ1) is 10.1. The van der Waals surface area contributed by atoms with Gasteiger partial charge in [0.25, 0.3) is 0 Å². The lowest BCUT2D eigenvalue weighted by molar-refractivity contribution is -0.125. The van der Waals surface area contributed by atoms with Gasteiger partial charge in [-0.3, -0.25) is 4.79 Å². The second-order valence-electron chi connectivity index (χ2n) is 5.25. The molecule has 1 aliphatic carbocycles. The molecule has 2 rings (SSSR count). The number of nitrogens with zero attached hydrogens (tertiary/aromatic N) is 2. The Balaban J connectivity index is 2.02. The Morgan fingerprint density at radius 3 is 2.90 bits per heavy atom. The van der Waals surface area contributed by atoms with Gasteiger partial charge in [0.05, 0.1) is 5.54 Å². The average Bonchev–Trinajstić information content (AvgIpc) is 2.93. The standard InChI is InChI=1S/C13H22N4OS3/c1-3-7-15-13(10(14)18)6-4-5-9(8-13)20-12-17-16-11(19-2)21-12/h9,15H,3-8H2,1-2H3,(H2,14,18). The van der Waals surface area contributed by atoms with Crippen LogP contribution in [-0.2, 0) is 4.79 Å². The lowest BCUT2D eigenvalue weighted by atomic mass is 9.80. The Bertz CT molecular complexity index is 482. The molecule has 0 radical (unpaired) electrons. The summed E-state index contributed by atoms with van der Waals surface area (Å²) in [5, 5.41) is 12.1. The number of rotatable bonds is 7. The summed E-state index contributed by atoms with van der Waals surface area (Å²) in [4.78, 5) is 12.0. The fourth-order valence-corrected chi connectivity index (χ4v) is 5.66. The molecule has 0 aromatic carbocycles. The Kier molecular flexibility index (Phi) is 6.34. The van der Waals surface area contributed by atoms with E-state index in [4.69, 9.17) is 5.73 Å². The van der Waals surface area contributed by atoms with Gasteiger partial charge in [-0.2, -0.15) is 0 Å². The molecule has 1 aromatic heterocycles. The Morgan fingerprint density at radius 2 is 2.29 bits per heavy atom. The van der Waals surface area contributed by atoms with Crippen molar-refractivity contribution < 1.29 is 4.79 Å². The summed E-state index contributed by atoms with van der Waals surface area (Å²) in [5.74, 6) is -0.219. The molecule has 5 nitrogen and oxygen atoms in total. The predicted molar refractivity (Wildman–Crippen MR) is 90.0 cm³/mol. The molecule has 0 spiro atoms. The fourth-order valence-electron chi connectivity index (χ4n) is 2.63. The third kappa shape index (κ3) is 4.34. The molecule has 1 fully saturated rings. The van der Waals surface area contributed by atoms with Crippen molar-refractivity contribution in [2.75, 3.05) is 12.8 Å². The minimum absolute atomic E-state index is 0.219. The SMILES string of the molecule is CCCNC1(C(N)=O)CCCC(Sc2nnc(SC)s2)C1. The summed E-state index contributed by atoms with van der Waals surface area (Å²) in [5.41, 5.74) is 5.14. The van der Waals surface area contributed by atoms with Crippen molar-refractivity contribution in [1.82, 2.24) is 15.5 Å².